The van der Waals surface area contributed by atoms with Crippen LogP contribution in [0.3, 0.4) is 0 Å². The summed E-state index contributed by atoms with van der Waals surface area (Å²) in [5.41, 5.74) is 2.69. The lowest BCUT2D eigenvalue weighted by atomic mass is 10.1. The summed E-state index contributed by atoms with van der Waals surface area (Å²) >= 11 is 2.37. The summed E-state index contributed by atoms with van der Waals surface area (Å²) < 4.78 is 34.1. The maximum Gasteiger partial charge on any atom is 0.232 e. The number of anilines is 1. The van der Waals surface area contributed by atoms with Crippen molar-refractivity contribution < 1.29 is 12.8 Å². The predicted molar refractivity (Wildman–Crippen MR) is 134 cm³/mol. The summed E-state index contributed by atoms with van der Waals surface area (Å²) in [6.45, 7) is 7.00. The standard InChI is InChI=1S/C22H32INO3SSi/c1-5-29(6-2,7-3)27-22(17-23)20-14-11-15-21(16-20)24(28(4,25)26)18-19-12-9-8-10-13-19/h8-16,22H,5-7,17-18H2,1-4H3. The smallest absolute Gasteiger partial charge is 0.232 e. The number of benzene rings is 2. The summed E-state index contributed by atoms with van der Waals surface area (Å²) in [6.07, 6.45) is 1.25. The molecular formula is C22H32INO3SSi. The Hall–Kier alpha value is -0.903. The molecule has 1 unspecified atom stereocenters. The molecule has 0 N–H and O–H groups in total. The Morgan fingerprint density at radius 2 is 1.62 bits per heavy atom. The average molecular weight is 546 g/mol. The van der Waals surface area contributed by atoms with Crippen molar-refractivity contribution in [2.24, 2.45) is 0 Å². The van der Waals surface area contributed by atoms with Crippen LogP contribution in [0.5, 0.6) is 0 Å². The number of sulfonamides is 1. The minimum atomic E-state index is -3.42. The van der Waals surface area contributed by atoms with Gasteiger partial charge in [-0.2, -0.15) is 0 Å². The highest BCUT2D eigenvalue weighted by molar-refractivity contribution is 14.1. The van der Waals surface area contributed by atoms with E-state index in [1.165, 1.54) is 10.6 Å². The van der Waals surface area contributed by atoms with Crippen molar-refractivity contribution in [2.75, 3.05) is 15.0 Å². The molecule has 2 aromatic carbocycles. The minimum absolute atomic E-state index is 0.0137. The van der Waals surface area contributed by atoms with Crippen LogP contribution in [0.15, 0.2) is 54.6 Å². The van der Waals surface area contributed by atoms with Gasteiger partial charge in [-0.05, 0) is 41.4 Å². The average Bonchev–Trinajstić information content (AvgIpc) is 2.73. The molecule has 0 aromatic heterocycles. The Labute approximate surface area is 191 Å². The van der Waals surface area contributed by atoms with E-state index in [9.17, 15) is 8.42 Å². The second-order valence-corrected chi connectivity index (χ2v) is 14.9. The van der Waals surface area contributed by atoms with E-state index < -0.39 is 18.3 Å². The Morgan fingerprint density at radius 3 is 2.14 bits per heavy atom. The van der Waals surface area contributed by atoms with Gasteiger partial charge in [-0.3, -0.25) is 4.31 Å². The number of halogens is 1. The van der Waals surface area contributed by atoms with Gasteiger partial charge in [-0.1, -0.05) is 85.8 Å². The molecule has 0 aliphatic rings. The molecule has 0 spiro atoms. The van der Waals surface area contributed by atoms with Crippen LogP contribution in [-0.4, -0.2) is 27.4 Å². The third kappa shape index (κ3) is 6.54. The molecule has 29 heavy (non-hydrogen) atoms. The van der Waals surface area contributed by atoms with Gasteiger partial charge >= 0.3 is 0 Å². The van der Waals surface area contributed by atoms with Gasteiger partial charge in [0, 0.05) is 4.43 Å². The fourth-order valence-electron chi connectivity index (χ4n) is 3.52. The highest BCUT2D eigenvalue weighted by Gasteiger charge is 2.32. The predicted octanol–water partition coefficient (Wildman–Crippen LogP) is 6.15. The molecule has 0 heterocycles. The van der Waals surface area contributed by atoms with Crippen LogP contribution < -0.4 is 4.31 Å². The largest absolute Gasteiger partial charge is 0.409 e. The molecule has 4 nitrogen and oxygen atoms in total. The zero-order chi connectivity index (χ0) is 21.5. The normalized spacial score (nSPS) is 13.3. The van der Waals surface area contributed by atoms with Crippen LogP contribution in [-0.2, 0) is 21.0 Å². The van der Waals surface area contributed by atoms with Crippen molar-refractivity contribution in [1.82, 2.24) is 0 Å². The summed E-state index contributed by atoms with van der Waals surface area (Å²) in [6, 6.07) is 20.8. The summed E-state index contributed by atoms with van der Waals surface area (Å²) in [5.74, 6) is 0. The lowest BCUT2D eigenvalue weighted by Crippen LogP contribution is -2.37. The number of rotatable bonds is 11. The van der Waals surface area contributed by atoms with Crippen molar-refractivity contribution in [1.29, 1.82) is 0 Å². The first-order valence-electron chi connectivity index (χ1n) is 10.1. The monoisotopic (exact) mass is 545 g/mol. The summed E-state index contributed by atoms with van der Waals surface area (Å²) in [5, 5.41) is 0. The van der Waals surface area contributed by atoms with Gasteiger partial charge in [0.25, 0.3) is 0 Å². The molecule has 160 valence electrons. The second-order valence-electron chi connectivity index (χ2n) is 7.35. The third-order valence-corrected chi connectivity index (χ3v) is 12.2. The number of hydrogen-bond acceptors (Lipinski definition) is 3. The fourth-order valence-corrected chi connectivity index (χ4v) is 8.25. The molecule has 0 saturated heterocycles. The molecule has 0 radical (unpaired) electrons. The molecular weight excluding hydrogens is 513 g/mol. The number of hydrogen-bond donors (Lipinski definition) is 0. The maximum absolute atomic E-state index is 12.6. The number of nitrogens with zero attached hydrogens (tertiary/aromatic N) is 1. The molecule has 0 aliphatic heterocycles. The van der Waals surface area contributed by atoms with Gasteiger partial charge in [0.05, 0.1) is 24.6 Å². The van der Waals surface area contributed by atoms with Crippen molar-refractivity contribution in [2.45, 2.75) is 51.6 Å². The van der Waals surface area contributed by atoms with Crippen molar-refractivity contribution in [3.8, 4) is 0 Å². The van der Waals surface area contributed by atoms with Gasteiger partial charge in [0.1, 0.15) is 0 Å². The maximum atomic E-state index is 12.6. The lowest BCUT2D eigenvalue weighted by Gasteiger charge is -2.33. The van der Waals surface area contributed by atoms with Crippen molar-refractivity contribution in [3.05, 3.63) is 65.7 Å². The van der Waals surface area contributed by atoms with Crippen molar-refractivity contribution >= 4 is 46.6 Å². The molecule has 0 saturated carbocycles. The van der Waals surface area contributed by atoms with Crippen LogP contribution in [0.2, 0.25) is 18.1 Å². The Bertz CT molecular complexity index is 864. The molecule has 7 heteroatoms. The van der Waals surface area contributed by atoms with Gasteiger partial charge in [0.15, 0.2) is 8.32 Å². The Balaban J connectivity index is 2.38. The van der Waals surface area contributed by atoms with Gasteiger partial charge in [0.2, 0.25) is 10.0 Å². The molecule has 0 fully saturated rings. The zero-order valence-electron chi connectivity index (χ0n) is 17.8. The highest BCUT2D eigenvalue weighted by Crippen LogP contribution is 2.33. The minimum Gasteiger partial charge on any atom is -0.409 e. The molecule has 2 rings (SSSR count). The number of alkyl halides is 1. The van der Waals surface area contributed by atoms with Crippen molar-refractivity contribution in [3.63, 3.8) is 0 Å². The third-order valence-electron chi connectivity index (χ3n) is 5.56. The Kier molecular flexibility index (Phi) is 9.18. The molecule has 0 bridgehead atoms. The lowest BCUT2D eigenvalue weighted by molar-refractivity contribution is 0.217. The molecule has 0 amide bonds. The van der Waals surface area contributed by atoms with Crippen LogP contribution in [0.1, 0.15) is 38.0 Å². The Morgan fingerprint density at radius 1 is 1.00 bits per heavy atom. The van der Waals surface area contributed by atoms with Crippen LogP contribution in [0.4, 0.5) is 5.69 Å². The topological polar surface area (TPSA) is 46.6 Å². The molecule has 2 aromatic rings. The van der Waals surface area contributed by atoms with E-state index in [1.54, 1.807) is 0 Å². The first-order valence-corrected chi connectivity index (χ1v) is 16.0. The fraction of sp³-hybridized carbons (Fsp3) is 0.455. The zero-order valence-corrected chi connectivity index (χ0v) is 21.7. The van der Waals surface area contributed by atoms with Gasteiger partial charge < -0.3 is 4.43 Å². The molecule has 1 atom stereocenters. The van der Waals surface area contributed by atoms with Gasteiger partial charge in [-0.15, -0.1) is 0 Å². The van der Waals surface area contributed by atoms with E-state index in [0.717, 1.165) is 33.7 Å². The van der Waals surface area contributed by atoms with E-state index in [-0.39, 0.29) is 6.10 Å². The van der Waals surface area contributed by atoms with E-state index in [0.29, 0.717) is 12.2 Å². The SMILES string of the molecule is CC[Si](CC)(CC)OC(CI)c1cccc(N(Cc2ccccc2)S(C)(=O)=O)c1. The highest BCUT2D eigenvalue weighted by atomic mass is 127. The first kappa shape index (κ1) is 24.4. The molecule has 0 aliphatic carbocycles. The van der Waals surface area contributed by atoms with Gasteiger partial charge in [-0.25, -0.2) is 8.42 Å². The second kappa shape index (κ2) is 10.9. The van der Waals surface area contributed by atoms with Crippen LogP contribution in [0.25, 0.3) is 0 Å². The summed E-state index contributed by atoms with van der Waals surface area (Å²) in [4.78, 5) is 0. The van der Waals surface area contributed by atoms with E-state index in [2.05, 4.69) is 49.4 Å². The van der Waals surface area contributed by atoms with Crippen LogP contribution in [0, 0.1) is 0 Å². The first-order chi connectivity index (χ1) is 13.8. The quantitative estimate of drug-likeness (QED) is 0.193. The van der Waals surface area contributed by atoms with E-state index >= 15 is 0 Å². The van der Waals surface area contributed by atoms with E-state index in [1.807, 2.05) is 48.5 Å². The summed E-state index contributed by atoms with van der Waals surface area (Å²) in [7, 11) is -5.18. The van der Waals surface area contributed by atoms with E-state index in [4.69, 9.17) is 4.43 Å². The van der Waals surface area contributed by atoms with Crippen LogP contribution >= 0.6 is 22.6 Å².